The zero-order chi connectivity index (χ0) is 24.1. The Labute approximate surface area is 200 Å². The van der Waals surface area contributed by atoms with Crippen LogP contribution in [0.4, 0.5) is 21.2 Å². The van der Waals surface area contributed by atoms with Crippen molar-refractivity contribution in [1.29, 1.82) is 0 Å². The number of anilines is 2. The number of carbonyl (C=O) groups is 2. The van der Waals surface area contributed by atoms with Gasteiger partial charge >= 0.3 is 12.1 Å². The van der Waals surface area contributed by atoms with Gasteiger partial charge in [-0.1, -0.05) is 6.07 Å². The number of nitrogens with one attached hydrogen (secondary N) is 2. The van der Waals surface area contributed by atoms with Crippen LogP contribution in [0.25, 0.3) is 10.6 Å². The van der Waals surface area contributed by atoms with Crippen LogP contribution in [-0.2, 0) is 4.74 Å². The standard InChI is InChI=1S/C22H25N7O4S/c1-22(2,3)32-21(31)28-11-12-29(14-28)33-18-6-4-5-16(24-18)26-20(30)27-17-13-34-19(25-17)15-7-9-23-10-8-15/h4-10,13H,11-12,14H2,1-3H3,(H2,24,26,27,30). The summed E-state index contributed by atoms with van der Waals surface area (Å²) in [4.78, 5) is 44.6. The molecule has 4 heterocycles. The number of rotatable bonds is 5. The van der Waals surface area contributed by atoms with Crippen LogP contribution < -0.4 is 15.5 Å². The minimum atomic E-state index is -0.563. The first-order valence-corrected chi connectivity index (χ1v) is 11.4. The van der Waals surface area contributed by atoms with Gasteiger partial charge in [0.15, 0.2) is 0 Å². The number of nitrogens with zero attached hydrogens (tertiary/aromatic N) is 5. The van der Waals surface area contributed by atoms with E-state index in [1.807, 2.05) is 32.9 Å². The predicted octanol–water partition coefficient (Wildman–Crippen LogP) is 4.05. The smallest absolute Gasteiger partial charge is 0.411 e. The van der Waals surface area contributed by atoms with E-state index in [1.165, 1.54) is 11.3 Å². The maximum Gasteiger partial charge on any atom is 0.411 e. The fourth-order valence-corrected chi connectivity index (χ4v) is 3.76. The van der Waals surface area contributed by atoms with Gasteiger partial charge in [0.25, 0.3) is 0 Å². The monoisotopic (exact) mass is 483 g/mol. The first kappa shape index (κ1) is 23.4. The van der Waals surface area contributed by atoms with E-state index in [0.29, 0.717) is 24.7 Å². The van der Waals surface area contributed by atoms with Crippen LogP contribution in [0.1, 0.15) is 20.8 Å². The SMILES string of the molecule is CC(C)(C)OC(=O)N1CCN(Oc2cccc(NC(=O)Nc3csc(-c4ccncc4)n3)n2)C1. The molecule has 12 heteroatoms. The number of ether oxygens (including phenoxy) is 1. The highest BCUT2D eigenvalue weighted by atomic mass is 32.1. The Morgan fingerprint density at radius 3 is 2.56 bits per heavy atom. The number of amides is 3. The van der Waals surface area contributed by atoms with Crippen molar-refractivity contribution < 1.29 is 19.2 Å². The Morgan fingerprint density at radius 2 is 1.79 bits per heavy atom. The maximum atomic E-state index is 12.4. The molecular formula is C22H25N7O4S. The number of hydroxylamine groups is 2. The second kappa shape index (κ2) is 10.0. The second-order valence-corrected chi connectivity index (χ2v) is 9.25. The van der Waals surface area contributed by atoms with Gasteiger partial charge in [-0.25, -0.2) is 14.6 Å². The molecule has 0 radical (unpaired) electrons. The molecule has 0 unspecified atom stereocenters. The molecule has 1 saturated heterocycles. The quantitative estimate of drug-likeness (QED) is 0.557. The van der Waals surface area contributed by atoms with Crippen molar-refractivity contribution in [2.45, 2.75) is 26.4 Å². The van der Waals surface area contributed by atoms with Crippen molar-refractivity contribution >= 4 is 35.1 Å². The zero-order valence-electron chi connectivity index (χ0n) is 19.0. The lowest BCUT2D eigenvalue weighted by atomic mass is 10.2. The summed E-state index contributed by atoms with van der Waals surface area (Å²) in [6, 6.07) is 8.25. The molecule has 1 fully saturated rings. The minimum absolute atomic E-state index is 0.248. The van der Waals surface area contributed by atoms with Gasteiger partial charge < -0.3 is 9.57 Å². The number of hydrogen-bond donors (Lipinski definition) is 2. The Hall–Kier alpha value is -3.77. The molecule has 0 bridgehead atoms. The van der Waals surface area contributed by atoms with Crippen LogP contribution in [0.15, 0.2) is 48.1 Å². The van der Waals surface area contributed by atoms with E-state index in [-0.39, 0.29) is 12.5 Å². The molecule has 178 valence electrons. The van der Waals surface area contributed by atoms with Crippen molar-refractivity contribution in [3.05, 3.63) is 48.1 Å². The van der Waals surface area contributed by atoms with E-state index in [0.717, 1.165) is 10.6 Å². The lowest BCUT2D eigenvalue weighted by molar-refractivity contribution is -0.0553. The van der Waals surface area contributed by atoms with Crippen molar-refractivity contribution in [1.82, 2.24) is 24.9 Å². The first-order chi connectivity index (χ1) is 16.2. The molecule has 3 amide bonds. The van der Waals surface area contributed by atoms with Gasteiger partial charge in [0.1, 0.15) is 28.9 Å². The summed E-state index contributed by atoms with van der Waals surface area (Å²) >= 11 is 1.42. The van der Waals surface area contributed by atoms with Gasteiger partial charge in [0.2, 0.25) is 5.88 Å². The van der Waals surface area contributed by atoms with Gasteiger partial charge in [-0.15, -0.1) is 16.4 Å². The lowest BCUT2D eigenvalue weighted by Crippen LogP contribution is -2.37. The molecule has 1 aliphatic rings. The van der Waals surface area contributed by atoms with Crippen LogP contribution in [0, 0.1) is 0 Å². The van der Waals surface area contributed by atoms with E-state index in [9.17, 15) is 9.59 Å². The van der Waals surface area contributed by atoms with Crippen LogP contribution in [-0.4, -0.2) is 62.4 Å². The van der Waals surface area contributed by atoms with Gasteiger partial charge in [-0.2, -0.15) is 4.98 Å². The summed E-state index contributed by atoms with van der Waals surface area (Å²) in [5, 5.41) is 9.50. The Bertz CT molecular complexity index is 1150. The molecule has 3 aromatic rings. The molecule has 0 aliphatic carbocycles. The molecule has 0 saturated carbocycles. The van der Waals surface area contributed by atoms with E-state index in [4.69, 9.17) is 9.57 Å². The molecule has 11 nitrogen and oxygen atoms in total. The van der Waals surface area contributed by atoms with Gasteiger partial charge in [-0.3, -0.25) is 20.5 Å². The van der Waals surface area contributed by atoms with E-state index < -0.39 is 17.7 Å². The molecular weight excluding hydrogens is 458 g/mol. The first-order valence-electron chi connectivity index (χ1n) is 10.6. The van der Waals surface area contributed by atoms with Crippen molar-refractivity contribution in [2.24, 2.45) is 0 Å². The summed E-state index contributed by atoms with van der Waals surface area (Å²) < 4.78 is 5.39. The third-order valence-electron chi connectivity index (χ3n) is 4.46. The fourth-order valence-electron chi connectivity index (χ4n) is 3.00. The molecule has 0 spiro atoms. The summed E-state index contributed by atoms with van der Waals surface area (Å²) in [5.41, 5.74) is 0.360. The largest absolute Gasteiger partial charge is 0.444 e. The topological polar surface area (TPSA) is 122 Å². The average molecular weight is 484 g/mol. The highest BCUT2D eigenvalue weighted by molar-refractivity contribution is 7.13. The minimum Gasteiger partial charge on any atom is -0.444 e. The maximum absolute atomic E-state index is 12.4. The number of carbonyl (C=O) groups excluding carboxylic acids is 2. The molecule has 0 aromatic carbocycles. The predicted molar refractivity (Wildman–Crippen MR) is 127 cm³/mol. The third kappa shape index (κ3) is 6.39. The molecule has 2 N–H and O–H groups in total. The van der Waals surface area contributed by atoms with Crippen LogP contribution in [0.5, 0.6) is 5.88 Å². The number of hydrogen-bond acceptors (Lipinski definition) is 9. The average Bonchev–Trinajstić information content (AvgIpc) is 3.43. The Kier molecular flexibility index (Phi) is 6.89. The van der Waals surface area contributed by atoms with Crippen LogP contribution >= 0.6 is 11.3 Å². The summed E-state index contributed by atoms with van der Waals surface area (Å²) in [7, 11) is 0. The van der Waals surface area contributed by atoms with Gasteiger partial charge in [-0.05, 0) is 39.0 Å². The van der Waals surface area contributed by atoms with Gasteiger partial charge in [0.05, 0.1) is 6.54 Å². The van der Waals surface area contributed by atoms with Crippen molar-refractivity contribution in [3.8, 4) is 16.5 Å². The summed E-state index contributed by atoms with van der Waals surface area (Å²) in [6.07, 6.45) is 2.98. The highest BCUT2D eigenvalue weighted by Gasteiger charge is 2.29. The van der Waals surface area contributed by atoms with Crippen LogP contribution in [0.3, 0.4) is 0 Å². The lowest BCUT2D eigenvalue weighted by Gasteiger charge is -2.24. The fraction of sp³-hybridized carbons (Fsp3) is 0.318. The van der Waals surface area contributed by atoms with Crippen molar-refractivity contribution in [2.75, 3.05) is 30.4 Å². The molecule has 3 aromatic heterocycles. The van der Waals surface area contributed by atoms with Crippen LogP contribution in [0.2, 0.25) is 0 Å². The summed E-state index contributed by atoms with van der Waals surface area (Å²) in [6.45, 7) is 6.69. The number of thiazole rings is 1. The molecule has 34 heavy (non-hydrogen) atoms. The zero-order valence-corrected chi connectivity index (χ0v) is 19.8. The molecule has 0 atom stereocenters. The molecule has 4 rings (SSSR count). The van der Waals surface area contributed by atoms with Crippen molar-refractivity contribution in [3.63, 3.8) is 0 Å². The van der Waals surface area contributed by atoms with E-state index >= 15 is 0 Å². The Morgan fingerprint density at radius 1 is 1.03 bits per heavy atom. The number of urea groups is 1. The van der Waals surface area contributed by atoms with Gasteiger partial charge in [0, 0.05) is 35.9 Å². The Balaban J connectivity index is 1.30. The number of aromatic nitrogens is 3. The van der Waals surface area contributed by atoms with E-state index in [1.54, 1.807) is 45.9 Å². The third-order valence-corrected chi connectivity index (χ3v) is 5.35. The molecule has 1 aliphatic heterocycles. The summed E-state index contributed by atoms with van der Waals surface area (Å²) in [5.74, 6) is 1.03. The second-order valence-electron chi connectivity index (χ2n) is 8.40. The highest BCUT2D eigenvalue weighted by Crippen LogP contribution is 2.25. The number of pyridine rings is 2. The normalized spacial score (nSPS) is 14.0. The van der Waals surface area contributed by atoms with E-state index in [2.05, 4.69) is 25.6 Å².